The Bertz CT molecular complexity index is 768. The number of nitrogens with zero attached hydrogens (tertiary/aromatic N) is 1. The number of rotatable bonds is 6. The van der Waals surface area contributed by atoms with E-state index in [4.69, 9.17) is 4.74 Å². The Balaban J connectivity index is 2.21. The molecular formula is C18H23N3O3. The van der Waals surface area contributed by atoms with Crippen LogP contribution in [0.1, 0.15) is 27.5 Å². The normalized spacial score (nSPS) is 12.0. The topological polar surface area (TPSA) is 74.4 Å². The predicted octanol–water partition coefficient (Wildman–Crippen LogP) is 1.72. The Morgan fingerprint density at radius 3 is 2.62 bits per heavy atom. The van der Waals surface area contributed by atoms with Gasteiger partial charge in [-0.05, 0) is 38.7 Å². The number of carbonyl (C=O) groups excluding carboxylic acids is 1. The third kappa shape index (κ3) is 3.83. The third-order valence-electron chi connectivity index (χ3n) is 3.97. The van der Waals surface area contributed by atoms with Crippen molar-refractivity contribution in [2.45, 2.75) is 13.0 Å². The molecule has 0 aliphatic heterocycles. The average Bonchev–Trinajstić information content (AvgIpc) is 2.55. The summed E-state index contributed by atoms with van der Waals surface area (Å²) in [6, 6.07) is 9.33. The summed E-state index contributed by atoms with van der Waals surface area (Å²) in [5.41, 5.74) is 1.39. The van der Waals surface area contributed by atoms with Crippen molar-refractivity contribution in [2.75, 3.05) is 27.7 Å². The van der Waals surface area contributed by atoms with Crippen LogP contribution in [0.15, 0.2) is 41.3 Å². The first-order valence-corrected chi connectivity index (χ1v) is 7.71. The first-order valence-electron chi connectivity index (χ1n) is 7.71. The molecule has 24 heavy (non-hydrogen) atoms. The maximum atomic E-state index is 12.4. The molecular weight excluding hydrogens is 306 g/mol. The van der Waals surface area contributed by atoms with Gasteiger partial charge in [-0.1, -0.05) is 18.2 Å². The quantitative estimate of drug-likeness (QED) is 0.846. The van der Waals surface area contributed by atoms with Gasteiger partial charge in [0.25, 0.3) is 11.5 Å². The molecule has 0 aliphatic rings. The maximum absolute atomic E-state index is 12.4. The fourth-order valence-electron chi connectivity index (χ4n) is 2.65. The molecule has 0 bridgehead atoms. The summed E-state index contributed by atoms with van der Waals surface area (Å²) in [5, 5.41) is 2.86. The van der Waals surface area contributed by atoms with Gasteiger partial charge in [0.1, 0.15) is 11.3 Å². The van der Waals surface area contributed by atoms with Crippen molar-refractivity contribution in [1.29, 1.82) is 0 Å². The smallest absolute Gasteiger partial charge is 0.261 e. The Morgan fingerprint density at radius 2 is 2.00 bits per heavy atom. The molecule has 1 aromatic heterocycles. The lowest BCUT2D eigenvalue weighted by Gasteiger charge is -2.26. The number of ether oxygens (including phenoxy) is 1. The molecule has 2 N–H and O–H groups in total. The number of benzene rings is 1. The maximum Gasteiger partial charge on any atom is 0.261 e. The van der Waals surface area contributed by atoms with Crippen LogP contribution in [0.3, 0.4) is 0 Å². The van der Waals surface area contributed by atoms with Gasteiger partial charge < -0.3 is 19.9 Å². The number of hydrogen-bond donors (Lipinski definition) is 2. The molecule has 1 unspecified atom stereocenters. The van der Waals surface area contributed by atoms with Crippen LogP contribution in [0.5, 0.6) is 5.75 Å². The predicted molar refractivity (Wildman–Crippen MR) is 93.6 cm³/mol. The Labute approximate surface area is 141 Å². The number of carbonyl (C=O) groups is 1. The molecule has 2 aromatic rings. The van der Waals surface area contributed by atoms with Crippen LogP contribution in [-0.4, -0.2) is 43.5 Å². The number of likely N-dealkylation sites (N-methyl/N-ethyl adjacent to an activating group) is 1. The summed E-state index contributed by atoms with van der Waals surface area (Å²) in [6.07, 6.45) is 1.53. The first-order chi connectivity index (χ1) is 11.5. The van der Waals surface area contributed by atoms with Crippen molar-refractivity contribution in [3.8, 4) is 5.75 Å². The highest BCUT2D eigenvalue weighted by molar-refractivity contribution is 5.95. The standard InChI is InChI=1S/C18H23N3O3/c1-12-9-10-19-17(22)16(12)18(23)20-11-14(21(2)3)13-7-5-6-8-15(13)24-4/h5-10,14H,11H2,1-4H3,(H,19,22)(H,20,23). The van der Waals surface area contributed by atoms with Crippen molar-refractivity contribution in [2.24, 2.45) is 0 Å². The summed E-state index contributed by atoms with van der Waals surface area (Å²) >= 11 is 0. The third-order valence-corrected chi connectivity index (χ3v) is 3.97. The number of para-hydroxylation sites is 1. The van der Waals surface area contributed by atoms with E-state index in [-0.39, 0.29) is 23.1 Å². The van der Waals surface area contributed by atoms with Crippen molar-refractivity contribution in [1.82, 2.24) is 15.2 Å². The van der Waals surface area contributed by atoms with Gasteiger partial charge in [0.05, 0.1) is 13.2 Å². The van der Waals surface area contributed by atoms with Gasteiger partial charge in [0.2, 0.25) is 0 Å². The summed E-state index contributed by atoms with van der Waals surface area (Å²) in [6.45, 7) is 2.10. The van der Waals surface area contributed by atoms with Crippen molar-refractivity contribution >= 4 is 5.91 Å². The molecule has 1 heterocycles. The molecule has 0 saturated heterocycles. The van der Waals surface area contributed by atoms with E-state index >= 15 is 0 Å². The van der Waals surface area contributed by atoms with Crippen LogP contribution < -0.4 is 15.6 Å². The number of hydrogen-bond acceptors (Lipinski definition) is 4. The number of aryl methyl sites for hydroxylation is 1. The van der Waals surface area contributed by atoms with Crippen LogP contribution in [0.25, 0.3) is 0 Å². The molecule has 6 nitrogen and oxygen atoms in total. The minimum atomic E-state index is -0.383. The summed E-state index contributed by atoms with van der Waals surface area (Å²) in [5.74, 6) is 0.385. The second-order valence-electron chi connectivity index (χ2n) is 5.80. The molecule has 0 fully saturated rings. The molecule has 0 spiro atoms. The molecule has 2 rings (SSSR count). The lowest BCUT2D eigenvalue weighted by Crippen LogP contribution is -2.37. The second kappa shape index (κ2) is 7.79. The number of aromatic nitrogens is 1. The van der Waals surface area contributed by atoms with E-state index in [1.165, 1.54) is 6.20 Å². The zero-order chi connectivity index (χ0) is 17.7. The van der Waals surface area contributed by atoms with Crippen LogP contribution in [0, 0.1) is 6.92 Å². The molecule has 1 amide bonds. The number of H-pyrrole nitrogens is 1. The monoisotopic (exact) mass is 329 g/mol. The average molecular weight is 329 g/mol. The molecule has 0 radical (unpaired) electrons. The minimum Gasteiger partial charge on any atom is -0.496 e. The van der Waals surface area contributed by atoms with Gasteiger partial charge in [0.15, 0.2) is 0 Å². The van der Waals surface area contributed by atoms with Gasteiger partial charge in [0, 0.05) is 18.3 Å². The number of methoxy groups -OCH3 is 1. The van der Waals surface area contributed by atoms with Gasteiger partial charge in [-0.2, -0.15) is 0 Å². The molecule has 0 aliphatic carbocycles. The van der Waals surface area contributed by atoms with E-state index in [9.17, 15) is 9.59 Å². The highest BCUT2D eigenvalue weighted by Crippen LogP contribution is 2.27. The molecule has 0 saturated carbocycles. The van der Waals surface area contributed by atoms with E-state index in [1.54, 1.807) is 20.1 Å². The number of nitrogens with one attached hydrogen (secondary N) is 2. The van der Waals surface area contributed by atoms with Crippen molar-refractivity contribution < 1.29 is 9.53 Å². The lowest BCUT2D eigenvalue weighted by atomic mass is 10.0. The summed E-state index contributed by atoms with van der Waals surface area (Å²) in [4.78, 5) is 28.8. The van der Waals surface area contributed by atoms with Gasteiger partial charge in [-0.15, -0.1) is 0 Å². The summed E-state index contributed by atoms with van der Waals surface area (Å²) in [7, 11) is 5.49. The molecule has 1 atom stereocenters. The van der Waals surface area contributed by atoms with E-state index < -0.39 is 0 Å². The van der Waals surface area contributed by atoms with Gasteiger partial charge in [-0.25, -0.2) is 0 Å². The van der Waals surface area contributed by atoms with Crippen LogP contribution in [0.4, 0.5) is 0 Å². The molecule has 1 aromatic carbocycles. The van der Waals surface area contributed by atoms with Gasteiger partial charge >= 0.3 is 0 Å². The van der Waals surface area contributed by atoms with Crippen LogP contribution in [-0.2, 0) is 0 Å². The first kappa shape index (κ1) is 17.7. The Kier molecular flexibility index (Phi) is 5.76. The van der Waals surface area contributed by atoms with Crippen molar-refractivity contribution in [3.63, 3.8) is 0 Å². The fraction of sp³-hybridized carbons (Fsp3) is 0.333. The van der Waals surface area contributed by atoms with E-state index in [2.05, 4.69) is 10.3 Å². The molecule has 128 valence electrons. The largest absolute Gasteiger partial charge is 0.496 e. The number of amides is 1. The fourth-order valence-corrected chi connectivity index (χ4v) is 2.65. The number of aromatic amines is 1. The lowest BCUT2D eigenvalue weighted by molar-refractivity contribution is 0.0939. The van der Waals surface area contributed by atoms with Crippen molar-refractivity contribution in [3.05, 3.63) is 63.6 Å². The number of pyridine rings is 1. The molecule has 6 heteroatoms. The minimum absolute atomic E-state index is 0.0757. The van der Waals surface area contributed by atoms with E-state index in [1.807, 2.05) is 43.3 Å². The summed E-state index contributed by atoms with van der Waals surface area (Å²) < 4.78 is 5.41. The van der Waals surface area contributed by atoms with E-state index in [0.29, 0.717) is 12.1 Å². The Hall–Kier alpha value is -2.60. The highest BCUT2D eigenvalue weighted by atomic mass is 16.5. The zero-order valence-electron chi connectivity index (χ0n) is 14.4. The second-order valence-corrected chi connectivity index (χ2v) is 5.80. The zero-order valence-corrected chi connectivity index (χ0v) is 14.4. The van der Waals surface area contributed by atoms with Crippen LogP contribution in [0.2, 0.25) is 0 Å². The Morgan fingerprint density at radius 1 is 1.29 bits per heavy atom. The van der Waals surface area contributed by atoms with Crippen LogP contribution >= 0.6 is 0 Å². The van der Waals surface area contributed by atoms with E-state index in [0.717, 1.165) is 11.3 Å². The highest BCUT2D eigenvalue weighted by Gasteiger charge is 2.20. The SMILES string of the molecule is COc1ccccc1C(CNC(=O)c1c(C)cc[nH]c1=O)N(C)C. The van der Waals surface area contributed by atoms with Gasteiger partial charge in [-0.3, -0.25) is 9.59 Å².